The van der Waals surface area contributed by atoms with Gasteiger partial charge in [-0.2, -0.15) is 5.10 Å². The molecule has 0 bridgehead atoms. The molecule has 2 amide bonds. The van der Waals surface area contributed by atoms with Gasteiger partial charge in [-0.15, -0.1) is 11.3 Å². The van der Waals surface area contributed by atoms with Crippen LogP contribution in [0.4, 0.5) is 0 Å². The van der Waals surface area contributed by atoms with E-state index in [0.717, 1.165) is 10.4 Å². The summed E-state index contributed by atoms with van der Waals surface area (Å²) in [5.41, 5.74) is 0.833. The van der Waals surface area contributed by atoms with E-state index in [0.29, 0.717) is 17.2 Å². The predicted molar refractivity (Wildman–Crippen MR) is 94.6 cm³/mol. The molecule has 0 atom stereocenters. The van der Waals surface area contributed by atoms with Crippen LogP contribution in [0.5, 0.6) is 0 Å². The van der Waals surface area contributed by atoms with Crippen molar-refractivity contribution >= 4 is 23.2 Å². The van der Waals surface area contributed by atoms with Gasteiger partial charge < -0.3 is 10.6 Å². The first-order valence-electron chi connectivity index (χ1n) is 7.69. The molecule has 2 N–H and O–H groups in total. The Morgan fingerprint density at radius 3 is 2.76 bits per heavy atom. The van der Waals surface area contributed by atoms with Gasteiger partial charge in [0.2, 0.25) is 5.91 Å². The minimum Gasteiger partial charge on any atom is -0.350 e. The fraction of sp³-hybridized carbons (Fsp3) is 0.176. The monoisotopic (exact) mass is 355 g/mol. The van der Waals surface area contributed by atoms with Gasteiger partial charge in [-0.3, -0.25) is 9.59 Å². The number of pyridine rings is 1. The maximum Gasteiger partial charge on any atom is 0.261 e. The molecule has 3 aromatic heterocycles. The SMILES string of the molecule is Cc1ccc(C(=O)NCC(=O)NCc2cccnc2-n2cccn2)s1. The van der Waals surface area contributed by atoms with Crippen LogP contribution >= 0.6 is 11.3 Å². The highest BCUT2D eigenvalue weighted by Gasteiger charge is 2.11. The molecule has 128 valence electrons. The molecule has 0 aliphatic carbocycles. The molecular weight excluding hydrogens is 338 g/mol. The van der Waals surface area contributed by atoms with Crippen molar-refractivity contribution in [2.45, 2.75) is 13.5 Å². The number of nitrogens with zero attached hydrogens (tertiary/aromatic N) is 3. The van der Waals surface area contributed by atoms with Crippen LogP contribution in [0.3, 0.4) is 0 Å². The topological polar surface area (TPSA) is 88.9 Å². The predicted octanol–water partition coefficient (Wildman–Crippen LogP) is 1.68. The highest BCUT2D eigenvalue weighted by atomic mass is 32.1. The minimum atomic E-state index is -0.267. The lowest BCUT2D eigenvalue weighted by Crippen LogP contribution is -2.36. The molecule has 3 rings (SSSR count). The number of hydrogen-bond acceptors (Lipinski definition) is 5. The van der Waals surface area contributed by atoms with E-state index in [4.69, 9.17) is 0 Å². The maximum absolute atomic E-state index is 12.0. The van der Waals surface area contributed by atoms with Gasteiger partial charge in [0.1, 0.15) is 0 Å². The van der Waals surface area contributed by atoms with E-state index >= 15 is 0 Å². The summed E-state index contributed by atoms with van der Waals surface area (Å²) in [6, 6.07) is 9.10. The van der Waals surface area contributed by atoms with E-state index in [1.807, 2.05) is 19.1 Å². The van der Waals surface area contributed by atoms with Crippen LogP contribution in [0, 0.1) is 6.92 Å². The Balaban J connectivity index is 1.54. The Morgan fingerprint density at radius 2 is 2.04 bits per heavy atom. The van der Waals surface area contributed by atoms with Crippen LogP contribution in [0.2, 0.25) is 0 Å². The average Bonchev–Trinajstić information content (AvgIpc) is 3.30. The lowest BCUT2D eigenvalue weighted by Gasteiger charge is -2.10. The quantitative estimate of drug-likeness (QED) is 0.704. The van der Waals surface area contributed by atoms with Gasteiger partial charge in [0, 0.05) is 35.6 Å². The fourth-order valence-corrected chi connectivity index (χ4v) is 3.01. The first-order chi connectivity index (χ1) is 12.1. The number of carbonyl (C=O) groups excluding carboxylic acids is 2. The minimum absolute atomic E-state index is 0.0762. The first-order valence-corrected chi connectivity index (χ1v) is 8.50. The van der Waals surface area contributed by atoms with Crippen LogP contribution in [-0.4, -0.2) is 33.1 Å². The third-order valence-electron chi connectivity index (χ3n) is 3.44. The van der Waals surface area contributed by atoms with Gasteiger partial charge in [0.05, 0.1) is 11.4 Å². The Kier molecular flexibility index (Phi) is 5.20. The Labute approximate surface area is 148 Å². The zero-order valence-electron chi connectivity index (χ0n) is 13.6. The number of nitrogens with one attached hydrogen (secondary N) is 2. The van der Waals surface area contributed by atoms with Crippen LogP contribution in [0.25, 0.3) is 5.82 Å². The van der Waals surface area contributed by atoms with E-state index in [1.165, 1.54) is 11.3 Å². The van der Waals surface area contributed by atoms with E-state index in [9.17, 15) is 9.59 Å². The average molecular weight is 355 g/mol. The number of amides is 2. The zero-order chi connectivity index (χ0) is 17.6. The van der Waals surface area contributed by atoms with Crippen molar-refractivity contribution < 1.29 is 9.59 Å². The van der Waals surface area contributed by atoms with Crippen molar-refractivity contribution in [2.75, 3.05) is 6.54 Å². The van der Waals surface area contributed by atoms with E-state index in [-0.39, 0.29) is 18.4 Å². The molecule has 0 fully saturated rings. The van der Waals surface area contributed by atoms with E-state index in [1.54, 1.807) is 41.5 Å². The van der Waals surface area contributed by atoms with Gasteiger partial charge in [0.15, 0.2) is 5.82 Å². The van der Waals surface area contributed by atoms with E-state index in [2.05, 4.69) is 20.7 Å². The number of rotatable bonds is 6. The van der Waals surface area contributed by atoms with Crippen LogP contribution in [0.15, 0.2) is 48.9 Å². The Hall–Kier alpha value is -3.00. The second-order valence-corrected chi connectivity index (χ2v) is 6.59. The molecule has 8 heteroatoms. The summed E-state index contributed by atoms with van der Waals surface area (Å²) in [5, 5.41) is 9.55. The van der Waals surface area contributed by atoms with Crippen molar-refractivity contribution in [3.05, 3.63) is 64.2 Å². The molecule has 0 aliphatic rings. The van der Waals surface area contributed by atoms with Gasteiger partial charge in [0.25, 0.3) is 5.91 Å². The van der Waals surface area contributed by atoms with Crippen LogP contribution in [0.1, 0.15) is 20.1 Å². The number of carbonyl (C=O) groups is 2. The molecular formula is C17H17N5O2S. The lowest BCUT2D eigenvalue weighted by atomic mass is 10.2. The largest absolute Gasteiger partial charge is 0.350 e. The van der Waals surface area contributed by atoms with Gasteiger partial charge >= 0.3 is 0 Å². The third kappa shape index (κ3) is 4.30. The number of hydrogen-bond donors (Lipinski definition) is 2. The molecule has 3 heterocycles. The molecule has 0 saturated heterocycles. The Bertz CT molecular complexity index is 873. The van der Waals surface area contributed by atoms with Crippen molar-refractivity contribution in [3.63, 3.8) is 0 Å². The Morgan fingerprint density at radius 1 is 1.16 bits per heavy atom. The maximum atomic E-state index is 12.0. The number of aryl methyl sites for hydroxylation is 1. The molecule has 0 aliphatic heterocycles. The third-order valence-corrected chi connectivity index (χ3v) is 4.44. The normalized spacial score (nSPS) is 10.4. The van der Waals surface area contributed by atoms with Crippen LogP contribution in [-0.2, 0) is 11.3 Å². The fourth-order valence-electron chi connectivity index (χ4n) is 2.23. The summed E-state index contributed by atoms with van der Waals surface area (Å²) >= 11 is 1.40. The van der Waals surface area contributed by atoms with Gasteiger partial charge in [-0.1, -0.05) is 6.07 Å². The molecule has 3 aromatic rings. The van der Waals surface area contributed by atoms with Crippen LogP contribution < -0.4 is 10.6 Å². The summed E-state index contributed by atoms with van der Waals surface area (Å²) in [6.07, 6.45) is 5.13. The molecule has 25 heavy (non-hydrogen) atoms. The zero-order valence-corrected chi connectivity index (χ0v) is 14.4. The molecule has 0 spiro atoms. The lowest BCUT2D eigenvalue weighted by molar-refractivity contribution is -0.120. The van der Waals surface area contributed by atoms with Crippen molar-refractivity contribution in [2.24, 2.45) is 0 Å². The summed E-state index contributed by atoms with van der Waals surface area (Å²) in [5.74, 6) is 0.148. The highest BCUT2D eigenvalue weighted by molar-refractivity contribution is 7.13. The molecule has 0 unspecified atom stereocenters. The summed E-state index contributed by atoms with van der Waals surface area (Å²) < 4.78 is 1.64. The molecule has 7 nitrogen and oxygen atoms in total. The second kappa shape index (κ2) is 7.71. The van der Waals surface area contributed by atoms with Gasteiger partial charge in [-0.05, 0) is 31.2 Å². The highest BCUT2D eigenvalue weighted by Crippen LogP contribution is 2.14. The number of thiophene rings is 1. The smallest absolute Gasteiger partial charge is 0.261 e. The molecule has 0 radical (unpaired) electrons. The standard InChI is InChI=1S/C17H17N5O2S/c1-12-5-6-14(25-12)17(24)20-11-15(23)19-10-13-4-2-7-18-16(13)22-9-3-8-21-22/h2-9H,10-11H2,1H3,(H,19,23)(H,20,24). The number of aromatic nitrogens is 3. The first kappa shape index (κ1) is 16.8. The molecule has 0 saturated carbocycles. The van der Waals surface area contributed by atoms with E-state index < -0.39 is 0 Å². The van der Waals surface area contributed by atoms with Crippen molar-refractivity contribution in [3.8, 4) is 5.82 Å². The van der Waals surface area contributed by atoms with Crippen molar-refractivity contribution in [1.82, 2.24) is 25.4 Å². The summed E-state index contributed by atoms with van der Waals surface area (Å²) in [7, 11) is 0. The second-order valence-electron chi connectivity index (χ2n) is 5.31. The summed E-state index contributed by atoms with van der Waals surface area (Å²) in [4.78, 5) is 29.9. The molecule has 0 aromatic carbocycles. The van der Waals surface area contributed by atoms with Gasteiger partial charge in [-0.25, -0.2) is 9.67 Å². The summed E-state index contributed by atoms with van der Waals surface area (Å²) in [6.45, 7) is 2.15. The van der Waals surface area contributed by atoms with Crippen molar-refractivity contribution in [1.29, 1.82) is 0 Å².